The van der Waals surface area contributed by atoms with Crippen LogP contribution in [0.2, 0.25) is 19.6 Å². The van der Waals surface area contributed by atoms with E-state index in [1.807, 2.05) is 36.9 Å². The summed E-state index contributed by atoms with van der Waals surface area (Å²) >= 11 is 34.8. The van der Waals surface area contributed by atoms with Crippen LogP contribution < -0.4 is 13.3 Å². The molecule has 1 N–H and O–H groups in total. The molecular weight excluding hydrogens is 3260 g/mol. The first kappa shape index (κ1) is 74.2. The van der Waals surface area contributed by atoms with Crippen molar-refractivity contribution in [2.75, 3.05) is 13.1 Å². The van der Waals surface area contributed by atoms with Gasteiger partial charge in [-0.25, -0.2) is 9.78 Å². The molecule has 2 aliphatic rings. The number of aromatic carboxylic acids is 1. The zero-order chi connectivity index (χ0) is 45.9. The smallest absolute Gasteiger partial charge is 0 e. The average molecular weight is 3300 g/mol. The van der Waals surface area contributed by atoms with Gasteiger partial charge in [0.1, 0.15) is 13.8 Å². The van der Waals surface area contributed by atoms with Gasteiger partial charge in [0.05, 0.1) is 23.7 Å². The molecule has 0 spiro atoms. The molecule has 2 fully saturated rings. The SMILES string of the molecule is CC.C[Si](C)(C)C#Cc1cc(C(=O)O)cc(CC(=O)[C@H]2CCC(=O)N2C2CCN(Cc3ccccc3)CC2)n1.II(I)I(I)I.I[I-]I(I)I(I)I(I)I(I)I(I)I(I)I.[Y]. The molecule has 7 nitrogen and oxygen atoms in total. The number of carbonyl (C=O) groups excluding carboxylic acids is 2. The molecule has 4 rings (SSSR count). The van der Waals surface area contributed by atoms with Crippen molar-refractivity contribution in [1.82, 2.24) is 14.8 Å². The number of halogens is 21. The van der Waals surface area contributed by atoms with Crippen molar-refractivity contribution in [1.29, 1.82) is 0 Å². The predicted octanol–water partition coefficient (Wildman–Crippen LogP) is 19.5. The summed E-state index contributed by atoms with van der Waals surface area (Å²) in [6.07, 6.45) is 2.54. The minimum atomic E-state index is -1.68. The quantitative estimate of drug-likeness (QED) is 0.115. The van der Waals surface area contributed by atoms with Gasteiger partial charge in [0.2, 0.25) is 5.91 Å². The third-order valence-corrected chi connectivity index (χ3v) is 1080. The molecule has 0 bridgehead atoms. The summed E-state index contributed by atoms with van der Waals surface area (Å²) in [5.41, 5.74) is 5.31. The van der Waals surface area contributed by atoms with E-state index in [1.54, 1.807) is 0 Å². The number of amides is 1. The number of pyridine rings is 1. The van der Waals surface area contributed by atoms with E-state index in [2.05, 4.69) is 277 Å². The van der Waals surface area contributed by atoms with E-state index >= 15 is 0 Å². The Balaban J connectivity index is 0.00000125. The molecular formula is C31H41I21N3O4SiY-. The maximum atomic E-state index is 13.4. The third-order valence-electron chi connectivity index (χ3n) is 7.40. The van der Waals surface area contributed by atoms with Crippen LogP contribution in [0.3, 0.4) is 0 Å². The van der Waals surface area contributed by atoms with Gasteiger partial charge < -0.3 is 10.0 Å². The normalized spacial score (nSPS) is 17.2. The number of nitrogens with zero attached hydrogens (tertiary/aromatic N) is 3. The number of hydrogen-bond donors (Lipinski definition) is 1. The zero-order valence-corrected chi connectivity index (χ0v) is 81.5. The predicted molar refractivity (Wildman–Crippen MR) is 436 cm³/mol. The van der Waals surface area contributed by atoms with Crippen molar-refractivity contribution in [2.45, 2.75) is 84.2 Å². The Morgan fingerprint density at radius 1 is 0.836 bits per heavy atom. The largest absolute Gasteiger partial charge is 0 e. The maximum absolute atomic E-state index is 13.4. The summed E-state index contributed by atoms with van der Waals surface area (Å²) in [6.45, 7) is 12.9. The van der Waals surface area contributed by atoms with Gasteiger partial charge in [-0.1, -0.05) is 69.7 Å². The van der Waals surface area contributed by atoms with Crippen LogP contribution in [0.5, 0.6) is 0 Å². The Morgan fingerprint density at radius 3 is 1.85 bits per heavy atom. The monoisotopic (exact) mass is 3300 g/mol. The van der Waals surface area contributed by atoms with Crippen molar-refractivity contribution in [3.8, 4) is 11.5 Å². The number of Topliss-reactive ketones (excluding diaryl/α,β-unsaturated/α-hetero) is 1. The van der Waals surface area contributed by atoms with Gasteiger partial charge >= 0.3 is 306 Å². The van der Waals surface area contributed by atoms with Crippen LogP contribution in [0.4, 0.5) is 0 Å². The number of piperidine rings is 1. The molecule has 2 saturated heterocycles. The van der Waals surface area contributed by atoms with Gasteiger partial charge in [0, 0.05) is 64.8 Å². The van der Waals surface area contributed by atoms with E-state index in [4.69, 9.17) is 0 Å². The van der Waals surface area contributed by atoms with E-state index in [1.165, 1.54) is 17.7 Å². The Bertz CT molecular complexity index is 1680. The molecule has 1 radical (unpaired) electrons. The summed E-state index contributed by atoms with van der Waals surface area (Å²) in [5, 5.41) is 9.56. The first-order chi connectivity index (χ1) is 28.1. The second-order valence-corrected chi connectivity index (χ2v) is 423. The fourth-order valence-electron chi connectivity index (χ4n) is 5.23. The maximum Gasteiger partial charge on any atom is 0 e. The molecule has 0 saturated carbocycles. The van der Waals surface area contributed by atoms with Crippen molar-refractivity contribution in [3.63, 3.8) is 0 Å². The molecule has 1 atom stereocenters. The van der Waals surface area contributed by atoms with Crippen LogP contribution in [0, 0.1) is 11.5 Å². The van der Waals surface area contributed by atoms with Crippen molar-refractivity contribution < 1.29 is 65.5 Å². The number of rotatable bonds is 14. The van der Waals surface area contributed by atoms with Gasteiger partial charge in [-0.3, -0.25) is 14.5 Å². The second kappa shape index (κ2) is 42.1. The van der Waals surface area contributed by atoms with Crippen molar-refractivity contribution in [3.05, 3.63) is 65.0 Å². The van der Waals surface area contributed by atoms with E-state index in [0.717, 1.165) is 32.5 Å². The van der Waals surface area contributed by atoms with Crippen molar-refractivity contribution >= 4 is 312 Å². The van der Waals surface area contributed by atoms with E-state index in [9.17, 15) is 19.5 Å². The number of hydrogen-bond acceptors (Lipinski definition) is 5. The number of carboxylic acids is 1. The van der Waals surface area contributed by atoms with Crippen LogP contribution >= 0.6 is 287 Å². The van der Waals surface area contributed by atoms with Crippen LogP contribution in [0.1, 0.15) is 66.8 Å². The number of ketones is 1. The molecule has 0 aliphatic carbocycles. The Labute approximate surface area is 547 Å². The number of carboxylic acid groups (broad SMARTS) is 1. The van der Waals surface area contributed by atoms with E-state index in [-0.39, 0.29) is 118 Å². The number of likely N-dealkylation sites (tertiary alicyclic amines) is 2. The molecule has 30 heteroatoms. The summed E-state index contributed by atoms with van der Waals surface area (Å²) in [7, 11) is -4.32. The minimum absolute atomic E-state index is 0. The van der Waals surface area contributed by atoms with Crippen LogP contribution in [-0.2, 0) is 55.3 Å². The Morgan fingerprint density at radius 2 is 1.38 bits per heavy atom. The van der Waals surface area contributed by atoms with Crippen molar-refractivity contribution in [2.24, 2.45) is 0 Å². The van der Waals surface area contributed by atoms with Gasteiger partial charge in [-0.2, -0.15) is 0 Å². The summed E-state index contributed by atoms with van der Waals surface area (Å²) in [5.74, 6) is 1.88. The fraction of sp³-hybridized carbons (Fsp3) is 0.484. The first-order valence-corrected chi connectivity index (χ1v) is 140. The molecule has 359 valence electrons. The van der Waals surface area contributed by atoms with Gasteiger partial charge in [-0.15, -0.1) is 5.54 Å². The summed E-state index contributed by atoms with van der Waals surface area (Å²) < 4.78 is 0. The Hall–Kier alpha value is 13.2. The van der Waals surface area contributed by atoms with Gasteiger partial charge in [0.25, 0.3) is 0 Å². The molecule has 1 aromatic carbocycles. The number of carbonyl (C=O) groups is 3. The van der Waals surface area contributed by atoms with Gasteiger partial charge in [0.15, 0.2) is 5.78 Å². The van der Waals surface area contributed by atoms with Crippen LogP contribution in [0.25, 0.3) is 0 Å². The Kier molecular flexibility index (Phi) is 51.1. The van der Waals surface area contributed by atoms with Crippen LogP contribution in [0.15, 0.2) is 42.5 Å². The average Bonchev–Trinajstić information content (AvgIpc) is 3.61. The molecule has 0 unspecified atom stereocenters. The molecule has 3 heterocycles. The third kappa shape index (κ3) is 31.7. The number of aromatic nitrogens is 1. The molecule has 2 aliphatic heterocycles. The molecule has 1 aromatic heterocycles. The summed E-state index contributed by atoms with van der Waals surface area (Å²) in [6, 6.07) is 12.8. The summed E-state index contributed by atoms with van der Waals surface area (Å²) in [4.78, 5) is 46.6. The number of benzene rings is 1. The second-order valence-electron chi connectivity index (χ2n) is 12.4. The molecule has 61 heavy (non-hydrogen) atoms. The zero-order valence-electron chi connectivity index (χ0n) is 32.4. The fourth-order valence-corrected chi connectivity index (χ4v) is 1890. The standard InChI is InChI=1S/C29H35N3O4Si.C2H6.I15.I6.Y/c1-37(2,3)16-13-23-17-22(29(35)36)18-24(30-23)19-27(33)26-9-10-28(34)32(26)25-11-14-31(15-12-25)20-21-7-5-4-6-8-21;1-2;1-9-11(4)13(6)15(8)14(7)12(5)10(2)3;1-5(2)6(3)4;/h4-8,17-18,25-26H,9-12,14-15,19-20H2,1-3H3,(H,35,36);1-2H3;;;/q;;-1;;/t26-;;;;/m1..../s1. The molecule has 2 aromatic rings. The minimum Gasteiger partial charge on any atom is 0 e. The topological polar surface area (TPSA) is 90.8 Å². The van der Waals surface area contributed by atoms with Crippen LogP contribution in [-0.4, -0.2) is 70.8 Å². The van der Waals surface area contributed by atoms with E-state index in [0.29, 0.717) is 37.5 Å². The van der Waals surface area contributed by atoms with E-state index < -0.39 is 28.0 Å². The first-order valence-electron chi connectivity index (χ1n) is 16.7. The van der Waals surface area contributed by atoms with Gasteiger partial charge in [-0.05, 0) is 37.0 Å². The molecule has 1 amide bonds.